The minimum atomic E-state index is 0.590. The van der Waals surface area contributed by atoms with Gasteiger partial charge in [0.15, 0.2) is 0 Å². The van der Waals surface area contributed by atoms with Gasteiger partial charge in [0.05, 0.1) is 0 Å². The SMILES string of the molecule is Cc1cc(C2=CCC3CNC23)cnc1Br. The zero-order valence-electron chi connectivity index (χ0n) is 8.63. The van der Waals surface area contributed by atoms with Crippen LogP contribution in [0.1, 0.15) is 17.5 Å². The van der Waals surface area contributed by atoms with Gasteiger partial charge < -0.3 is 5.32 Å². The zero-order chi connectivity index (χ0) is 10.4. The second-order valence-corrected chi connectivity index (χ2v) is 5.12. The van der Waals surface area contributed by atoms with Gasteiger partial charge in [0, 0.05) is 18.8 Å². The molecule has 2 atom stereocenters. The molecule has 0 bridgehead atoms. The van der Waals surface area contributed by atoms with Gasteiger partial charge in [0.2, 0.25) is 0 Å². The van der Waals surface area contributed by atoms with E-state index in [9.17, 15) is 0 Å². The van der Waals surface area contributed by atoms with Gasteiger partial charge in [0.25, 0.3) is 0 Å². The van der Waals surface area contributed by atoms with E-state index in [2.05, 4.69) is 45.3 Å². The standard InChI is InChI=1S/C12H13BrN2/c1-7-4-9(6-15-12(7)13)10-3-2-8-5-14-11(8)10/h3-4,6,8,11,14H,2,5H2,1H3. The number of hydrogen-bond donors (Lipinski definition) is 1. The van der Waals surface area contributed by atoms with Crippen molar-refractivity contribution in [3.05, 3.63) is 34.1 Å². The summed E-state index contributed by atoms with van der Waals surface area (Å²) in [5.74, 6) is 0.837. The number of pyridine rings is 1. The summed E-state index contributed by atoms with van der Waals surface area (Å²) in [5.41, 5.74) is 3.92. The maximum Gasteiger partial charge on any atom is 0.109 e. The molecule has 2 unspecified atom stereocenters. The Kier molecular flexibility index (Phi) is 2.18. The van der Waals surface area contributed by atoms with E-state index in [0.717, 1.165) is 10.5 Å². The van der Waals surface area contributed by atoms with Crippen molar-refractivity contribution in [3.8, 4) is 0 Å². The first-order valence-corrected chi connectivity index (χ1v) is 6.11. The van der Waals surface area contributed by atoms with E-state index in [-0.39, 0.29) is 0 Å². The van der Waals surface area contributed by atoms with E-state index in [0.29, 0.717) is 6.04 Å². The van der Waals surface area contributed by atoms with Crippen LogP contribution in [0.15, 0.2) is 22.9 Å². The van der Waals surface area contributed by atoms with E-state index in [1.807, 2.05) is 6.20 Å². The molecule has 1 aliphatic carbocycles. The maximum absolute atomic E-state index is 4.35. The smallest absolute Gasteiger partial charge is 0.109 e. The van der Waals surface area contributed by atoms with Crippen LogP contribution in [0.5, 0.6) is 0 Å². The number of fused-ring (bicyclic) bond motifs is 1. The molecule has 78 valence electrons. The van der Waals surface area contributed by atoms with Crippen LogP contribution >= 0.6 is 15.9 Å². The number of aromatic nitrogens is 1. The Morgan fingerprint density at radius 1 is 1.53 bits per heavy atom. The highest BCUT2D eigenvalue weighted by atomic mass is 79.9. The van der Waals surface area contributed by atoms with Crippen molar-refractivity contribution >= 4 is 21.5 Å². The topological polar surface area (TPSA) is 24.9 Å². The number of rotatable bonds is 1. The molecule has 1 aromatic rings. The molecular formula is C12H13BrN2. The number of aryl methyl sites for hydroxylation is 1. The van der Waals surface area contributed by atoms with E-state index >= 15 is 0 Å². The molecule has 0 saturated carbocycles. The minimum Gasteiger partial charge on any atom is -0.309 e. The normalized spacial score (nSPS) is 28.3. The van der Waals surface area contributed by atoms with Crippen LogP contribution in [0.25, 0.3) is 5.57 Å². The minimum absolute atomic E-state index is 0.590. The van der Waals surface area contributed by atoms with Crippen LogP contribution < -0.4 is 5.32 Å². The molecule has 2 heterocycles. The molecule has 0 spiro atoms. The second-order valence-electron chi connectivity index (χ2n) is 4.37. The Morgan fingerprint density at radius 2 is 2.40 bits per heavy atom. The van der Waals surface area contributed by atoms with Crippen molar-refractivity contribution < 1.29 is 0 Å². The molecule has 1 aliphatic heterocycles. The summed E-state index contributed by atoms with van der Waals surface area (Å²) in [6.45, 7) is 3.26. The van der Waals surface area contributed by atoms with Crippen LogP contribution in [-0.2, 0) is 0 Å². The molecule has 3 heteroatoms. The van der Waals surface area contributed by atoms with Crippen LogP contribution in [-0.4, -0.2) is 17.6 Å². The quantitative estimate of drug-likeness (QED) is 0.789. The zero-order valence-corrected chi connectivity index (χ0v) is 10.2. The summed E-state index contributed by atoms with van der Waals surface area (Å²) in [4.78, 5) is 4.35. The van der Waals surface area contributed by atoms with Gasteiger partial charge in [-0.15, -0.1) is 0 Å². The molecule has 1 fully saturated rings. The molecule has 2 nitrogen and oxygen atoms in total. The summed E-state index contributed by atoms with van der Waals surface area (Å²) in [5, 5.41) is 3.48. The average molecular weight is 265 g/mol. The third kappa shape index (κ3) is 1.45. The van der Waals surface area contributed by atoms with Crippen LogP contribution in [0.2, 0.25) is 0 Å². The molecule has 3 rings (SSSR count). The van der Waals surface area contributed by atoms with E-state index in [4.69, 9.17) is 0 Å². The molecule has 0 radical (unpaired) electrons. The third-order valence-electron chi connectivity index (χ3n) is 3.39. The third-order valence-corrected chi connectivity index (χ3v) is 4.22. The van der Waals surface area contributed by atoms with Crippen molar-refractivity contribution in [3.63, 3.8) is 0 Å². The van der Waals surface area contributed by atoms with E-state index < -0.39 is 0 Å². The molecule has 0 amide bonds. The Bertz CT molecular complexity index is 439. The second kappa shape index (κ2) is 3.42. The maximum atomic E-state index is 4.35. The first-order chi connectivity index (χ1) is 7.25. The van der Waals surface area contributed by atoms with Gasteiger partial charge in [-0.1, -0.05) is 6.08 Å². The highest BCUT2D eigenvalue weighted by molar-refractivity contribution is 9.10. The van der Waals surface area contributed by atoms with Crippen LogP contribution in [0.3, 0.4) is 0 Å². The molecular weight excluding hydrogens is 252 g/mol. The van der Waals surface area contributed by atoms with Crippen molar-refractivity contribution in [2.45, 2.75) is 19.4 Å². The molecule has 2 aliphatic rings. The molecule has 1 aromatic heterocycles. The van der Waals surface area contributed by atoms with Gasteiger partial charge in [-0.25, -0.2) is 4.98 Å². The predicted molar refractivity (Wildman–Crippen MR) is 64.5 cm³/mol. The summed E-state index contributed by atoms with van der Waals surface area (Å²) in [6, 6.07) is 2.80. The predicted octanol–water partition coefficient (Wildman–Crippen LogP) is 2.53. The lowest BCUT2D eigenvalue weighted by Gasteiger charge is -2.34. The van der Waals surface area contributed by atoms with Gasteiger partial charge in [0.1, 0.15) is 4.60 Å². The molecule has 0 aromatic carbocycles. The van der Waals surface area contributed by atoms with Gasteiger partial charge >= 0.3 is 0 Å². The Morgan fingerprint density at radius 3 is 3.00 bits per heavy atom. The number of hydrogen-bond acceptors (Lipinski definition) is 2. The van der Waals surface area contributed by atoms with Crippen LogP contribution in [0.4, 0.5) is 0 Å². The molecule has 15 heavy (non-hydrogen) atoms. The fraction of sp³-hybridized carbons (Fsp3) is 0.417. The number of halogens is 1. The fourth-order valence-electron chi connectivity index (χ4n) is 2.40. The van der Waals surface area contributed by atoms with Crippen molar-refractivity contribution in [2.75, 3.05) is 6.54 Å². The Balaban J connectivity index is 1.96. The lowest BCUT2D eigenvalue weighted by molar-refractivity contribution is 0.307. The van der Waals surface area contributed by atoms with Crippen LogP contribution in [0, 0.1) is 12.8 Å². The highest BCUT2D eigenvalue weighted by Crippen LogP contribution is 2.37. The number of allylic oxidation sites excluding steroid dienone is 1. The van der Waals surface area contributed by atoms with Gasteiger partial charge in [-0.3, -0.25) is 0 Å². The Labute approximate surface area is 97.9 Å². The van der Waals surface area contributed by atoms with Crippen molar-refractivity contribution in [1.29, 1.82) is 0 Å². The lowest BCUT2D eigenvalue weighted by Crippen LogP contribution is -2.50. The summed E-state index contributed by atoms with van der Waals surface area (Å²) < 4.78 is 0.947. The lowest BCUT2D eigenvalue weighted by atomic mass is 9.89. The monoisotopic (exact) mass is 264 g/mol. The molecule has 1 saturated heterocycles. The summed E-state index contributed by atoms with van der Waals surface area (Å²) >= 11 is 3.43. The number of nitrogens with zero attached hydrogens (tertiary/aromatic N) is 1. The van der Waals surface area contributed by atoms with E-state index in [1.165, 1.54) is 29.7 Å². The Hall–Kier alpha value is -0.670. The first-order valence-electron chi connectivity index (χ1n) is 5.31. The number of nitrogens with one attached hydrogen (secondary N) is 1. The van der Waals surface area contributed by atoms with Crippen molar-refractivity contribution in [2.24, 2.45) is 5.92 Å². The first kappa shape index (κ1) is 9.55. The van der Waals surface area contributed by atoms with Gasteiger partial charge in [-0.05, 0) is 58.0 Å². The van der Waals surface area contributed by atoms with E-state index in [1.54, 1.807) is 0 Å². The summed E-state index contributed by atoms with van der Waals surface area (Å²) in [6.07, 6.45) is 5.55. The van der Waals surface area contributed by atoms with Crippen molar-refractivity contribution in [1.82, 2.24) is 10.3 Å². The summed E-state index contributed by atoms with van der Waals surface area (Å²) in [7, 11) is 0. The highest BCUT2D eigenvalue weighted by Gasteiger charge is 2.37. The fourth-order valence-corrected chi connectivity index (χ4v) is 2.62. The molecule has 1 N–H and O–H groups in total. The largest absolute Gasteiger partial charge is 0.309 e. The average Bonchev–Trinajstić information content (AvgIpc) is 2.46. The van der Waals surface area contributed by atoms with Gasteiger partial charge in [-0.2, -0.15) is 0 Å².